The summed E-state index contributed by atoms with van der Waals surface area (Å²) in [5.74, 6) is 0.439. The average Bonchev–Trinajstić information content (AvgIpc) is 2.30. The van der Waals surface area contributed by atoms with Crippen LogP contribution < -0.4 is 5.73 Å². The van der Waals surface area contributed by atoms with Crippen LogP contribution in [-0.2, 0) is 11.2 Å². The van der Waals surface area contributed by atoms with E-state index in [4.69, 9.17) is 22.1 Å². The second-order valence-corrected chi connectivity index (χ2v) is 5.01. The van der Waals surface area contributed by atoms with Crippen molar-refractivity contribution in [3.63, 3.8) is 0 Å². The van der Waals surface area contributed by atoms with Gasteiger partial charge in [0, 0.05) is 11.6 Å². The molecule has 0 bridgehead atoms. The fraction of sp³-hybridized carbons (Fsp3) is 0.571. The summed E-state index contributed by atoms with van der Waals surface area (Å²) >= 11 is 6.14. The summed E-state index contributed by atoms with van der Waals surface area (Å²) in [6.07, 6.45) is 2.20. The molecule has 96 valence electrons. The van der Waals surface area contributed by atoms with Crippen molar-refractivity contribution in [3.8, 4) is 0 Å². The van der Waals surface area contributed by atoms with Gasteiger partial charge in [-0.1, -0.05) is 29.8 Å². The zero-order valence-electron chi connectivity index (χ0n) is 10.7. The third-order valence-corrected chi connectivity index (χ3v) is 3.15. The molecule has 2 nitrogen and oxygen atoms in total. The van der Waals surface area contributed by atoms with Gasteiger partial charge in [0.25, 0.3) is 0 Å². The molecule has 0 heterocycles. The van der Waals surface area contributed by atoms with Crippen LogP contribution in [-0.4, -0.2) is 19.3 Å². The van der Waals surface area contributed by atoms with E-state index in [1.165, 1.54) is 5.56 Å². The van der Waals surface area contributed by atoms with Crippen LogP contribution in [0.4, 0.5) is 0 Å². The van der Waals surface area contributed by atoms with Gasteiger partial charge in [-0.3, -0.25) is 0 Å². The molecule has 1 rings (SSSR count). The number of hydrogen-bond donors (Lipinski definition) is 1. The van der Waals surface area contributed by atoms with Crippen LogP contribution in [0.15, 0.2) is 24.3 Å². The van der Waals surface area contributed by atoms with Crippen LogP contribution in [0.2, 0.25) is 5.02 Å². The third-order valence-electron chi connectivity index (χ3n) is 2.78. The highest BCUT2D eigenvalue weighted by atomic mass is 35.5. The molecular formula is C14H22ClNO. The molecule has 17 heavy (non-hydrogen) atoms. The van der Waals surface area contributed by atoms with E-state index in [2.05, 4.69) is 6.07 Å². The maximum atomic E-state index is 6.14. The number of halogens is 1. The van der Waals surface area contributed by atoms with Gasteiger partial charge < -0.3 is 10.5 Å². The van der Waals surface area contributed by atoms with Gasteiger partial charge in [-0.25, -0.2) is 0 Å². The lowest BCUT2D eigenvalue weighted by Crippen LogP contribution is -2.20. The van der Waals surface area contributed by atoms with E-state index in [1.807, 2.05) is 32.0 Å². The Morgan fingerprint density at radius 3 is 2.59 bits per heavy atom. The number of nitrogens with two attached hydrogens (primary N) is 1. The van der Waals surface area contributed by atoms with Crippen LogP contribution in [0, 0.1) is 5.92 Å². The minimum absolute atomic E-state index is 0.286. The van der Waals surface area contributed by atoms with E-state index < -0.39 is 0 Å². The van der Waals surface area contributed by atoms with Crippen LogP contribution in [0.5, 0.6) is 0 Å². The molecule has 0 aliphatic rings. The predicted molar refractivity (Wildman–Crippen MR) is 73.4 cm³/mol. The first-order valence-corrected chi connectivity index (χ1v) is 6.56. The van der Waals surface area contributed by atoms with E-state index in [9.17, 15) is 0 Å². The highest BCUT2D eigenvalue weighted by Crippen LogP contribution is 2.20. The Labute approximate surface area is 109 Å². The lowest BCUT2D eigenvalue weighted by Gasteiger charge is -2.16. The normalized spacial score (nSPS) is 13.0. The lowest BCUT2D eigenvalue weighted by molar-refractivity contribution is 0.0690. The molecule has 0 aliphatic heterocycles. The zero-order chi connectivity index (χ0) is 12.7. The van der Waals surface area contributed by atoms with Gasteiger partial charge in [0.1, 0.15) is 0 Å². The van der Waals surface area contributed by atoms with Gasteiger partial charge >= 0.3 is 0 Å². The number of hydrogen-bond acceptors (Lipinski definition) is 2. The molecular weight excluding hydrogens is 234 g/mol. The van der Waals surface area contributed by atoms with E-state index in [-0.39, 0.29) is 6.10 Å². The molecule has 0 saturated carbocycles. The Morgan fingerprint density at radius 1 is 1.29 bits per heavy atom. The summed E-state index contributed by atoms with van der Waals surface area (Å²) < 4.78 is 5.55. The standard InChI is InChI=1S/C14H22ClNO/c1-11(2)17-8-7-12(10-16)9-13-5-3-4-6-14(13)15/h3-6,11-12H,7-10,16H2,1-2H3. The molecule has 1 unspecified atom stereocenters. The van der Waals surface area contributed by atoms with Crippen molar-refractivity contribution in [2.24, 2.45) is 11.7 Å². The summed E-state index contributed by atoms with van der Waals surface area (Å²) in [4.78, 5) is 0. The summed E-state index contributed by atoms with van der Waals surface area (Å²) in [5.41, 5.74) is 6.96. The Bertz CT molecular complexity index is 328. The summed E-state index contributed by atoms with van der Waals surface area (Å²) in [7, 11) is 0. The molecule has 0 saturated heterocycles. The summed E-state index contributed by atoms with van der Waals surface area (Å²) in [6, 6.07) is 7.95. The predicted octanol–water partition coefficient (Wildman–Crippen LogP) is 3.27. The maximum Gasteiger partial charge on any atom is 0.0518 e. The number of benzene rings is 1. The first kappa shape index (κ1) is 14.5. The SMILES string of the molecule is CC(C)OCCC(CN)Cc1ccccc1Cl. The molecule has 0 aliphatic carbocycles. The summed E-state index contributed by atoms with van der Waals surface area (Å²) in [5, 5.41) is 0.829. The van der Waals surface area contributed by atoms with Crippen LogP contribution in [0.1, 0.15) is 25.8 Å². The quantitative estimate of drug-likeness (QED) is 0.812. The Morgan fingerprint density at radius 2 is 2.00 bits per heavy atom. The number of rotatable bonds is 7. The number of ether oxygens (including phenoxy) is 1. The van der Waals surface area contributed by atoms with Gasteiger partial charge in [-0.2, -0.15) is 0 Å². The molecule has 1 aromatic carbocycles. The van der Waals surface area contributed by atoms with Crippen molar-refractivity contribution >= 4 is 11.6 Å². The van der Waals surface area contributed by atoms with E-state index in [0.717, 1.165) is 24.5 Å². The topological polar surface area (TPSA) is 35.2 Å². The van der Waals surface area contributed by atoms with Crippen LogP contribution in [0.25, 0.3) is 0 Å². The smallest absolute Gasteiger partial charge is 0.0518 e. The third kappa shape index (κ3) is 5.53. The largest absolute Gasteiger partial charge is 0.379 e. The molecule has 0 spiro atoms. The highest BCUT2D eigenvalue weighted by Gasteiger charge is 2.10. The van der Waals surface area contributed by atoms with Crippen molar-refractivity contribution in [1.29, 1.82) is 0 Å². The molecule has 0 fully saturated rings. The Balaban J connectivity index is 2.44. The average molecular weight is 256 g/mol. The van der Waals surface area contributed by atoms with E-state index in [0.29, 0.717) is 12.5 Å². The second-order valence-electron chi connectivity index (χ2n) is 4.61. The molecule has 1 aromatic rings. The van der Waals surface area contributed by atoms with Crippen molar-refractivity contribution in [1.82, 2.24) is 0 Å². The molecule has 2 N–H and O–H groups in total. The van der Waals surface area contributed by atoms with Gasteiger partial charge in [0.2, 0.25) is 0 Å². The van der Waals surface area contributed by atoms with Gasteiger partial charge in [0.05, 0.1) is 6.10 Å². The van der Waals surface area contributed by atoms with Crippen LogP contribution in [0.3, 0.4) is 0 Å². The van der Waals surface area contributed by atoms with Gasteiger partial charge in [-0.15, -0.1) is 0 Å². The second kappa shape index (κ2) is 7.70. The van der Waals surface area contributed by atoms with Crippen molar-refractivity contribution in [2.75, 3.05) is 13.2 Å². The lowest BCUT2D eigenvalue weighted by atomic mass is 9.96. The highest BCUT2D eigenvalue weighted by molar-refractivity contribution is 6.31. The molecule has 3 heteroatoms. The van der Waals surface area contributed by atoms with E-state index >= 15 is 0 Å². The van der Waals surface area contributed by atoms with Gasteiger partial charge in [-0.05, 0) is 50.8 Å². The zero-order valence-corrected chi connectivity index (χ0v) is 11.4. The maximum absolute atomic E-state index is 6.14. The van der Waals surface area contributed by atoms with Crippen molar-refractivity contribution < 1.29 is 4.74 Å². The first-order valence-electron chi connectivity index (χ1n) is 6.18. The monoisotopic (exact) mass is 255 g/mol. The van der Waals surface area contributed by atoms with Crippen LogP contribution >= 0.6 is 11.6 Å². The van der Waals surface area contributed by atoms with Gasteiger partial charge in [0.15, 0.2) is 0 Å². The molecule has 0 radical (unpaired) electrons. The van der Waals surface area contributed by atoms with E-state index in [1.54, 1.807) is 0 Å². The molecule has 0 amide bonds. The fourth-order valence-electron chi connectivity index (χ4n) is 1.75. The minimum atomic E-state index is 0.286. The molecule has 1 atom stereocenters. The molecule has 0 aromatic heterocycles. The fourth-order valence-corrected chi connectivity index (χ4v) is 1.96. The van der Waals surface area contributed by atoms with Crippen molar-refractivity contribution in [3.05, 3.63) is 34.9 Å². The minimum Gasteiger partial charge on any atom is -0.379 e. The van der Waals surface area contributed by atoms with Crippen molar-refractivity contribution in [2.45, 2.75) is 32.8 Å². The summed E-state index contributed by atoms with van der Waals surface area (Å²) in [6.45, 7) is 5.54. The Kier molecular flexibility index (Phi) is 6.56. The first-order chi connectivity index (χ1) is 8.13. The Hall–Kier alpha value is -0.570.